The first-order valence-corrected chi connectivity index (χ1v) is 9.36. The van der Waals surface area contributed by atoms with Crippen LogP contribution in [-0.4, -0.2) is 49.6 Å². The number of fused-ring (bicyclic) bond motifs is 1. The zero-order valence-electron chi connectivity index (χ0n) is 18.3. The van der Waals surface area contributed by atoms with Crippen LogP contribution in [0.2, 0.25) is 0 Å². The van der Waals surface area contributed by atoms with Gasteiger partial charge >= 0.3 is 12.2 Å². The topological polar surface area (TPSA) is 129 Å². The van der Waals surface area contributed by atoms with Gasteiger partial charge in [0.2, 0.25) is 0 Å². The number of nitrogens with one attached hydrogen (secondary N) is 2. The van der Waals surface area contributed by atoms with E-state index in [1.807, 2.05) is 20.8 Å². The first-order chi connectivity index (χ1) is 13.8. The zero-order chi connectivity index (χ0) is 22.7. The Morgan fingerprint density at radius 2 is 1.80 bits per heavy atom. The Hall–Kier alpha value is -3.37. The van der Waals surface area contributed by atoms with Crippen LogP contribution >= 0.6 is 0 Å². The molecule has 2 amide bonds. The normalized spacial score (nSPS) is 11.7. The van der Waals surface area contributed by atoms with Crippen molar-refractivity contribution in [1.29, 1.82) is 0 Å². The molecule has 0 aliphatic rings. The SMILES string of the molecule is C=C(OCC)c1nc(OC(=O)NC(C)(C)C)c2ncn(NC(=O)OC(C)(C)C)c2n1. The Bertz CT molecular complexity index is 955. The lowest BCUT2D eigenvalue weighted by Crippen LogP contribution is -2.42. The summed E-state index contributed by atoms with van der Waals surface area (Å²) < 4.78 is 17.2. The van der Waals surface area contributed by atoms with Gasteiger partial charge in [-0.25, -0.2) is 29.7 Å². The van der Waals surface area contributed by atoms with E-state index in [-0.39, 0.29) is 28.6 Å². The van der Waals surface area contributed by atoms with E-state index < -0.39 is 23.3 Å². The van der Waals surface area contributed by atoms with Crippen LogP contribution < -0.4 is 15.5 Å². The highest BCUT2D eigenvalue weighted by atomic mass is 16.6. The Balaban J connectivity index is 2.44. The number of hydrogen-bond donors (Lipinski definition) is 2. The van der Waals surface area contributed by atoms with E-state index in [0.717, 1.165) is 0 Å². The second-order valence-corrected chi connectivity index (χ2v) is 8.37. The fourth-order valence-corrected chi connectivity index (χ4v) is 2.21. The molecule has 0 radical (unpaired) electrons. The molecular weight excluding hydrogens is 392 g/mol. The van der Waals surface area contributed by atoms with Crippen molar-refractivity contribution in [3.63, 3.8) is 0 Å². The molecule has 30 heavy (non-hydrogen) atoms. The van der Waals surface area contributed by atoms with E-state index in [9.17, 15) is 9.59 Å². The van der Waals surface area contributed by atoms with E-state index >= 15 is 0 Å². The van der Waals surface area contributed by atoms with Gasteiger partial charge in [-0.1, -0.05) is 6.58 Å². The molecule has 2 heterocycles. The number of aromatic nitrogens is 4. The average Bonchev–Trinajstić information content (AvgIpc) is 2.94. The van der Waals surface area contributed by atoms with Crippen molar-refractivity contribution in [3.05, 3.63) is 18.7 Å². The number of hydrogen-bond acceptors (Lipinski definition) is 8. The maximum Gasteiger partial charge on any atom is 0.427 e. The minimum absolute atomic E-state index is 0.0793. The first-order valence-electron chi connectivity index (χ1n) is 9.36. The molecular formula is C19H28N6O5. The Kier molecular flexibility index (Phi) is 6.53. The molecule has 0 aliphatic carbocycles. The van der Waals surface area contributed by atoms with Crippen LogP contribution in [0.15, 0.2) is 12.9 Å². The average molecular weight is 420 g/mol. The monoisotopic (exact) mass is 420 g/mol. The van der Waals surface area contributed by atoms with E-state index in [2.05, 4.69) is 32.3 Å². The van der Waals surface area contributed by atoms with Gasteiger partial charge in [-0.2, -0.15) is 4.98 Å². The summed E-state index contributed by atoms with van der Waals surface area (Å²) in [5.74, 6) is 0.142. The van der Waals surface area contributed by atoms with Crippen LogP contribution in [0.25, 0.3) is 16.9 Å². The summed E-state index contributed by atoms with van der Waals surface area (Å²) in [4.78, 5) is 37.1. The Morgan fingerprint density at radius 1 is 1.13 bits per heavy atom. The minimum atomic E-state index is -0.717. The lowest BCUT2D eigenvalue weighted by atomic mass is 10.1. The van der Waals surface area contributed by atoms with Gasteiger partial charge in [-0.3, -0.25) is 0 Å². The third kappa shape index (κ3) is 6.33. The number of carbonyl (C=O) groups is 2. The molecule has 2 N–H and O–H groups in total. The fraction of sp³-hybridized carbons (Fsp3) is 0.526. The van der Waals surface area contributed by atoms with Gasteiger partial charge < -0.3 is 19.5 Å². The molecule has 0 aliphatic heterocycles. The van der Waals surface area contributed by atoms with Crippen molar-refractivity contribution >= 4 is 29.1 Å². The van der Waals surface area contributed by atoms with Crippen LogP contribution in [-0.2, 0) is 9.47 Å². The smallest absolute Gasteiger partial charge is 0.427 e. The lowest BCUT2D eigenvalue weighted by molar-refractivity contribution is 0.0614. The largest absolute Gasteiger partial charge is 0.491 e. The minimum Gasteiger partial charge on any atom is -0.491 e. The maximum absolute atomic E-state index is 12.2. The van der Waals surface area contributed by atoms with Gasteiger partial charge in [0.15, 0.2) is 22.7 Å². The van der Waals surface area contributed by atoms with Crippen LogP contribution in [0.4, 0.5) is 9.59 Å². The maximum atomic E-state index is 12.2. The summed E-state index contributed by atoms with van der Waals surface area (Å²) in [6.45, 7) is 16.6. The molecule has 164 valence electrons. The van der Waals surface area contributed by atoms with Gasteiger partial charge in [0, 0.05) is 5.54 Å². The van der Waals surface area contributed by atoms with Gasteiger partial charge in [0.05, 0.1) is 6.61 Å². The first kappa shape index (κ1) is 22.9. The van der Waals surface area contributed by atoms with E-state index in [1.54, 1.807) is 27.7 Å². The number of ether oxygens (including phenoxy) is 3. The molecule has 0 bridgehead atoms. The van der Waals surface area contributed by atoms with E-state index in [4.69, 9.17) is 14.2 Å². The lowest BCUT2D eigenvalue weighted by Gasteiger charge is -2.20. The molecule has 2 aromatic heterocycles. The van der Waals surface area contributed by atoms with E-state index in [1.165, 1.54) is 11.0 Å². The summed E-state index contributed by atoms with van der Waals surface area (Å²) in [5.41, 5.74) is 1.64. The van der Waals surface area contributed by atoms with Crippen molar-refractivity contribution in [1.82, 2.24) is 24.9 Å². The third-order valence-electron chi connectivity index (χ3n) is 3.21. The summed E-state index contributed by atoms with van der Waals surface area (Å²) in [6, 6.07) is 0. The predicted molar refractivity (Wildman–Crippen MR) is 110 cm³/mol. The molecule has 0 unspecified atom stereocenters. The number of nitrogens with zero attached hydrogens (tertiary/aromatic N) is 4. The second kappa shape index (κ2) is 8.56. The molecule has 2 rings (SSSR count). The molecule has 0 spiro atoms. The number of amides is 2. The molecule has 0 aromatic carbocycles. The highest BCUT2D eigenvalue weighted by molar-refractivity contribution is 5.84. The van der Waals surface area contributed by atoms with Crippen LogP contribution in [0.1, 0.15) is 54.3 Å². The predicted octanol–water partition coefficient (Wildman–Crippen LogP) is 3.20. The van der Waals surface area contributed by atoms with Crippen molar-refractivity contribution in [3.8, 4) is 5.88 Å². The highest BCUT2D eigenvalue weighted by Crippen LogP contribution is 2.24. The fourth-order valence-electron chi connectivity index (χ4n) is 2.21. The number of carbonyl (C=O) groups excluding carboxylic acids is 2. The van der Waals surface area contributed by atoms with Gasteiger partial charge in [0.25, 0.3) is 5.88 Å². The standard InChI is InChI=1S/C19H28N6O5/c1-9-28-11(2)13-21-14-12(15(22-13)29-16(26)23-18(3,4)5)20-10-25(14)24-17(27)30-19(6,7)8/h10H,2,9H2,1,3-8H3,(H,23,26)(H,24,27). The second-order valence-electron chi connectivity index (χ2n) is 8.37. The molecule has 0 atom stereocenters. The van der Waals surface area contributed by atoms with Crippen LogP contribution in [0.5, 0.6) is 5.88 Å². The van der Waals surface area contributed by atoms with Gasteiger partial charge in [0.1, 0.15) is 11.9 Å². The van der Waals surface area contributed by atoms with Crippen molar-refractivity contribution < 1.29 is 23.8 Å². The summed E-state index contributed by atoms with van der Waals surface area (Å²) in [7, 11) is 0. The molecule has 11 heteroatoms. The quantitative estimate of drug-likeness (QED) is 0.706. The van der Waals surface area contributed by atoms with Gasteiger partial charge in [-0.05, 0) is 48.5 Å². The zero-order valence-corrected chi connectivity index (χ0v) is 18.3. The van der Waals surface area contributed by atoms with Crippen LogP contribution in [0.3, 0.4) is 0 Å². The molecule has 0 fully saturated rings. The summed E-state index contributed by atoms with van der Waals surface area (Å²) >= 11 is 0. The Labute approximate surface area is 174 Å². The van der Waals surface area contributed by atoms with Crippen LogP contribution in [0, 0.1) is 0 Å². The third-order valence-corrected chi connectivity index (χ3v) is 3.21. The molecule has 11 nitrogen and oxygen atoms in total. The Morgan fingerprint density at radius 3 is 2.37 bits per heavy atom. The van der Waals surface area contributed by atoms with Crippen molar-refractivity contribution in [2.45, 2.75) is 59.6 Å². The summed E-state index contributed by atoms with van der Waals surface area (Å²) in [5, 5.41) is 2.67. The molecule has 0 saturated heterocycles. The van der Waals surface area contributed by atoms with E-state index in [0.29, 0.717) is 6.61 Å². The molecule has 2 aromatic rings. The van der Waals surface area contributed by atoms with Crippen molar-refractivity contribution in [2.75, 3.05) is 12.0 Å². The van der Waals surface area contributed by atoms with Gasteiger partial charge in [-0.15, -0.1) is 0 Å². The number of imidazole rings is 1. The highest BCUT2D eigenvalue weighted by Gasteiger charge is 2.23. The number of rotatable bonds is 5. The molecule has 0 saturated carbocycles. The summed E-state index contributed by atoms with van der Waals surface area (Å²) in [6.07, 6.45) is -0.131. The van der Waals surface area contributed by atoms with Crippen molar-refractivity contribution in [2.24, 2.45) is 0 Å².